The van der Waals surface area contributed by atoms with E-state index in [-0.39, 0.29) is 0 Å². The quantitative estimate of drug-likeness (QED) is 0.659. The van der Waals surface area contributed by atoms with Crippen molar-refractivity contribution >= 4 is 0 Å². The van der Waals surface area contributed by atoms with Crippen LogP contribution in [0.3, 0.4) is 0 Å². The average molecular weight is 183 g/mol. The molecule has 2 unspecified atom stereocenters. The third kappa shape index (κ3) is 3.92. The predicted octanol–water partition coefficient (Wildman–Crippen LogP) is 2.11. The Labute approximate surface area is 81.4 Å². The van der Waals surface area contributed by atoms with Crippen LogP contribution in [0.15, 0.2) is 12.2 Å². The Hall–Kier alpha value is -0.340. The highest BCUT2D eigenvalue weighted by atomic mass is 16.5. The average Bonchev–Trinajstić information content (AvgIpc) is 2.19. The van der Waals surface area contributed by atoms with Crippen LogP contribution in [0.5, 0.6) is 0 Å². The highest BCUT2D eigenvalue weighted by Crippen LogP contribution is 2.11. The van der Waals surface area contributed by atoms with Crippen LogP contribution in [0, 0.1) is 0 Å². The van der Waals surface area contributed by atoms with Gasteiger partial charge in [-0.3, -0.25) is 0 Å². The van der Waals surface area contributed by atoms with Gasteiger partial charge in [-0.15, -0.1) is 0 Å². The zero-order valence-corrected chi connectivity index (χ0v) is 8.75. The second kappa shape index (κ2) is 6.17. The molecule has 1 aliphatic rings. The maximum absolute atomic E-state index is 5.16. The Balaban J connectivity index is 2.23. The molecule has 0 saturated carbocycles. The fraction of sp³-hybridized carbons (Fsp3) is 0.818. The van der Waals surface area contributed by atoms with Gasteiger partial charge in [-0.25, -0.2) is 0 Å². The lowest BCUT2D eigenvalue weighted by molar-refractivity contribution is 0.157. The largest absolute Gasteiger partial charge is 0.383 e. The van der Waals surface area contributed by atoms with E-state index in [4.69, 9.17) is 4.74 Å². The highest BCUT2D eigenvalue weighted by Gasteiger charge is 2.13. The molecular formula is C11H21NO. The summed E-state index contributed by atoms with van der Waals surface area (Å²) >= 11 is 0. The van der Waals surface area contributed by atoms with Crippen LogP contribution in [0.2, 0.25) is 0 Å². The van der Waals surface area contributed by atoms with E-state index < -0.39 is 0 Å². The van der Waals surface area contributed by atoms with Gasteiger partial charge in [0.05, 0.1) is 6.61 Å². The summed E-state index contributed by atoms with van der Waals surface area (Å²) in [5, 5.41) is 3.63. The lowest BCUT2D eigenvalue weighted by Crippen LogP contribution is -2.40. The zero-order chi connectivity index (χ0) is 9.52. The monoisotopic (exact) mass is 183 g/mol. The Bertz CT molecular complexity index is 156. The number of ether oxygens (including phenoxy) is 1. The molecule has 1 rings (SSSR count). The Morgan fingerprint density at radius 3 is 2.92 bits per heavy atom. The molecule has 0 amide bonds. The van der Waals surface area contributed by atoms with E-state index >= 15 is 0 Å². The summed E-state index contributed by atoms with van der Waals surface area (Å²) in [6, 6.07) is 1.20. The van der Waals surface area contributed by atoms with Crippen LogP contribution in [0.4, 0.5) is 0 Å². The van der Waals surface area contributed by atoms with Crippen molar-refractivity contribution in [2.24, 2.45) is 0 Å². The third-order valence-electron chi connectivity index (χ3n) is 2.60. The summed E-state index contributed by atoms with van der Waals surface area (Å²) in [4.78, 5) is 0. The molecule has 0 aromatic rings. The number of methoxy groups -OCH3 is 1. The van der Waals surface area contributed by atoms with Crippen LogP contribution >= 0.6 is 0 Å². The zero-order valence-electron chi connectivity index (χ0n) is 8.75. The third-order valence-corrected chi connectivity index (χ3v) is 2.60. The van der Waals surface area contributed by atoms with Gasteiger partial charge in [0.1, 0.15) is 0 Å². The molecule has 0 bridgehead atoms. The second-order valence-corrected chi connectivity index (χ2v) is 3.71. The number of hydrogen-bond donors (Lipinski definition) is 1. The number of hydrogen-bond acceptors (Lipinski definition) is 2. The first-order valence-corrected chi connectivity index (χ1v) is 5.26. The van der Waals surface area contributed by atoms with Gasteiger partial charge < -0.3 is 10.1 Å². The molecule has 2 heteroatoms. The summed E-state index contributed by atoms with van der Waals surface area (Å²) in [6.07, 6.45) is 9.38. The molecule has 0 saturated heterocycles. The maximum atomic E-state index is 5.16. The molecule has 1 aliphatic carbocycles. The fourth-order valence-corrected chi connectivity index (χ4v) is 1.76. The molecule has 76 valence electrons. The minimum Gasteiger partial charge on any atom is -0.383 e. The molecule has 0 fully saturated rings. The van der Waals surface area contributed by atoms with Crippen molar-refractivity contribution in [1.82, 2.24) is 5.32 Å². The molecule has 0 spiro atoms. The molecule has 0 heterocycles. The Morgan fingerprint density at radius 1 is 1.54 bits per heavy atom. The summed E-state index contributed by atoms with van der Waals surface area (Å²) in [6.45, 7) is 3.03. The Kier molecular flexibility index (Phi) is 5.09. The molecular weight excluding hydrogens is 162 g/mol. The van der Waals surface area contributed by atoms with Crippen molar-refractivity contribution in [3.05, 3.63) is 12.2 Å². The van der Waals surface area contributed by atoms with E-state index in [1.807, 2.05) is 0 Å². The molecule has 0 aromatic heterocycles. The fourth-order valence-electron chi connectivity index (χ4n) is 1.76. The van der Waals surface area contributed by atoms with E-state index in [0.717, 1.165) is 13.0 Å². The molecule has 13 heavy (non-hydrogen) atoms. The minimum absolute atomic E-state index is 0.529. The van der Waals surface area contributed by atoms with Crippen LogP contribution in [0.1, 0.15) is 32.6 Å². The van der Waals surface area contributed by atoms with Crippen molar-refractivity contribution in [2.45, 2.75) is 44.7 Å². The van der Waals surface area contributed by atoms with E-state index in [2.05, 4.69) is 24.4 Å². The van der Waals surface area contributed by atoms with Crippen LogP contribution in [-0.2, 0) is 4.74 Å². The van der Waals surface area contributed by atoms with Gasteiger partial charge >= 0.3 is 0 Å². The van der Waals surface area contributed by atoms with Crippen molar-refractivity contribution in [2.75, 3.05) is 13.7 Å². The summed E-state index contributed by atoms with van der Waals surface area (Å²) in [5.74, 6) is 0. The first-order valence-electron chi connectivity index (χ1n) is 5.26. The number of rotatable bonds is 5. The molecule has 0 aromatic carbocycles. The maximum Gasteiger partial charge on any atom is 0.0615 e. The van der Waals surface area contributed by atoms with Crippen molar-refractivity contribution in [1.29, 1.82) is 0 Å². The van der Waals surface area contributed by atoms with Crippen molar-refractivity contribution < 1.29 is 4.74 Å². The lowest BCUT2D eigenvalue weighted by atomic mass is 10.0. The second-order valence-electron chi connectivity index (χ2n) is 3.71. The molecule has 0 radical (unpaired) electrons. The highest BCUT2D eigenvalue weighted by molar-refractivity contribution is 4.93. The van der Waals surface area contributed by atoms with Gasteiger partial charge in [0.15, 0.2) is 0 Å². The van der Waals surface area contributed by atoms with Crippen LogP contribution in [0.25, 0.3) is 0 Å². The van der Waals surface area contributed by atoms with E-state index in [9.17, 15) is 0 Å². The van der Waals surface area contributed by atoms with Crippen molar-refractivity contribution in [3.63, 3.8) is 0 Å². The van der Waals surface area contributed by atoms with Crippen molar-refractivity contribution in [3.8, 4) is 0 Å². The minimum atomic E-state index is 0.529. The summed E-state index contributed by atoms with van der Waals surface area (Å²) in [5.41, 5.74) is 0. The van der Waals surface area contributed by atoms with Crippen LogP contribution < -0.4 is 5.32 Å². The first kappa shape index (κ1) is 10.7. The normalized spacial score (nSPS) is 24.6. The predicted molar refractivity (Wildman–Crippen MR) is 55.9 cm³/mol. The lowest BCUT2D eigenvalue weighted by Gasteiger charge is -2.25. The van der Waals surface area contributed by atoms with Gasteiger partial charge in [0.2, 0.25) is 0 Å². The summed E-state index contributed by atoms with van der Waals surface area (Å²) in [7, 11) is 1.77. The van der Waals surface area contributed by atoms with E-state index in [0.29, 0.717) is 12.1 Å². The molecule has 1 N–H and O–H groups in total. The van der Waals surface area contributed by atoms with Gasteiger partial charge in [-0.1, -0.05) is 19.1 Å². The SMILES string of the molecule is CCC(COC)NC1CC=CCC1. The van der Waals surface area contributed by atoms with Crippen LogP contribution in [-0.4, -0.2) is 25.8 Å². The molecule has 2 nitrogen and oxygen atoms in total. The summed E-state index contributed by atoms with van der Waals surface area (Å²) < 4.78 is 5.16. The van der Waals surface area contributed by atoms with E-state index in [1.54, 1.807) is 7.11 Å². The molecule has 0 aliphatic heterocycles. The van der Waals surface area contributed by atoms with Gasteiger partial charge in [0.25, 0.3) is 0 Å². The number of allylic oxidation sites excluding steroid dienone is 1. The molecule has 2 atom stereocenters. The topological polar surface area (TPSA) is 21.3 Å². The van der Waals surface area contributed by atoms with Gasteiger partial charge in [-0.2, -0.15) is 0 Å². The van der Waals surface area contributed by atoms with E-state index in [1.165, 1.54) is 19.3 Å². The standard InChI is InChI=1S/C11H21NO/c1-3-10(9-13-2)12-11-7-5-4-6-8-11/h4-5,10-12H,3,6-9H2,1-2H3. The first-order chi connectivity index (χ1) is 6.36. The smallest absolute Gasteiger partial charge is 0.0615 e. The van der Waals surface area contributed by atoms with Gasteiger partial charge in [-0.05, 0) is 25.7 Å². The Morgan fingerprint density at radius 2 is 2.38 bits per heavy atom. The number of nitrogens with one attached hydrogen (secondary N) is 1. The van der Waals surface area contributed by atoms with Gasteiger partial charge in [0, 0.05) is 19.2 Å².